The van der Waals surface area contributed by atoms with E-state index in [1.807, 2.05) is 13.8 Å². The maximum atomic E-state index is 12.7. The van der Waals surface area contributed by atoms with E-state index in [0.29, 0.717) is 11.6 Å². The van der Waals surface area contributed by atoms with Crippen molar-refractivity contribution in [2.75, 3.05) is 0 Å². The molecule has 0 aliphatic carbocycles. The Morgan fingerprint density at radius 2 is 2.00 bits per heavy atom. The molecule has 0 fully saturated rings. The highest BCUT2D eigenvalue weighted by atomic mass is 19.1. The van der Waals surface area contributed by atoms with Gasteiger partial charge in [0.25, 0.3) is 0 Å². The highest BCUT2D eigenvalue weighted by molar-refractivity contribution is 5.22. The molecule has 0 radical (unpaired) electrons. The van der Waals surface area contributed by atoms with Crippen LogP contribution in [0.2, 0.25) is 0 Å². The first-order valence-corrected chi connectivity index (χ1v) is 4.41. The average Bonchev–Trinajstić information content (AvgIpc) is 2.03. The predicted octanol–water partition coefficient (Wildman–Crippen LogP) is 2.18. The van der Waals surface area contributed by atoms with Gasteiger partial charge in [0, 0.05) is 11.7 Å². The van der Waals surface area contributed by atoms with Crippen molar-refractivity contribution in [2.45, 2.75) is 26.8 Å². The first kappa shape index (κ1) is 10.1. The molecule has 13 heavy (non-hydrogen) atoms. The summed E-state index contributed by atoms with van der Waals surface area (Å²) in [4.78, 5) is 3.73. The molecule has 72 valence electrons. The van der Waals surface area contributed by atoms with Gasteiger partial charge >= 0.3 is 0 Å². The Labute approximate surface area is 78.0 Å². The second kappa shape index (κ2) is 3.83. The van der Waals surface area contributed by atoms with Crippen LogP contribution in [0.25, 0.3) is 0 Å². The summed E-state index contributed by atoms with van der Waals surface area (Å²) in [7, 11) is 0. The molecule has 1 aromatic rings. The molecule has 3 heteroatoms. The fourth-order valence-corrected chi connectivity index (χ4v) is 1.25. The average molecular weight is 182 g/mol. The molecule has 1 atom stereocenters. The summed E-state index contributed by atoms with van der Waals surface area (Å²) in [6.45, 7) is 5.85. The van der Waals surface area contributed by atoms with Crippen LogP contribution in [0.3, 0.4) is 0 Å². The van der Waals surface area contributed by atoms with Crippen molar-refractivity contribution in [1.29, 1.82) is 0 Å². The summed E-state index contributed by atoms with van der Waals surface area (Å²) < 4.78 is 12.7. The third kappa shape index (κ3) is 2.25. The van der Waals surface area contributed by atoms with Gasteiger partial charge in [0.1, 0.15) is 0 Å². The minimum atomic E-state index is -0.447. The number of halogens is 1. The summed E-state index contributed by atoms with van der Waals surface area (Å²) in [5.41, 5.74) is 7.54. The zero-order valence-electron chi connectivity index (χ0n) is 8.21. The largest absolute Gasteiger partial charge is 0.324 e. The zero-order chi connectivity index (χ0) is 10.0. The van der Waals surface area contributed by atoms with Gasteiger partial charge in [0.2, 0.25) is 5.95 Å². The molecule has 1 aromatic heterocycles. The molecule has 2 nitrogen and oxygen atoms in total. The van der Waals surface area contributed by atoms with E-state index in [9.17, 15) is 4.39 Å². The molecular weight excluding hydrogens is 167 g/mol. The van der Waals surface area contributed by atoms with Crippen molar-refractivity contribution < 1.29 is 4.39 Å². The van der Waals surface area contributed by atoms with Gasteiger partial charge in [-0.1, -0.05) is 19.9 Å². The molecule has 0 unspecified atom stereocenters. The van der Waals surface area contributed by atoms with Gasteiger partial charge in [-0.05, 0) is 24.5 Å². The maximum Gasteiger partial charge on any atom is 0.213 e. The Bertz CT molecular complexity index is 297. The molecule has 2 N–H and O–H groups in total. The van der Waals surface area contributed by atoms with E-state index in [2.05, 4.69) is 4.98 Å². The summed E-state index contributed by atoms with van der Waals surface area (Å²) in [6, 6.07) is 3.00. The lowest BCUT2D eigenvalue weighted by atomic mass is 9.96. The van der Waals surface area contributed by atoms with Crippen molar-refractivity contribution >= 4 is 0 Å². The highest BCUT2D eigenvalue weighted by Crippen LogP contribution is 2.20. The second-order valence-electron chi connectivity index (χ2n) is 3.58. The van der Waals surface area contributed by atoms with Crippen LogP contribution in [0, 0.1) is 18.8 Å². The van der Waals surface area contributed by atoms with E-state index in [4.69, 9.17) is 5.73 Å². The molecule has 1 heterocycles. The van der Waals surface area contributed by atoms with Crippen molar-refractivity contribution in [3.63, 3.8) is 0 Å². The SMILES string of the molecule is Cc1nc(F)ccc1[C@H](N)C(C)C. The number of hydrogen-bond donors (Lipinski definition) is 1. The minimum Gasteiger partial charge on any atom is -0.324 e. The lowest BCUT2D eigenvalue weighted by molar-refractivity contribution is 0.504. The fourth-order valence-electron chi connectivity index (χ4n) is 1.25. The molecule has 0 saturated heterocycles. The van der Waals surface area contributed by atoms with Gasteiger partial charge in [-0.2, -0.15) is 4.39 Å². The van der Waals surface area contributed by atoms with Crippen LogP contribution < -0.4 is 5.73 Å². The predicted molar refractivity (Wildman–Crippen MR) is 50.7 cm³/mol. The number of hydrogen-bond acceptors (Lipinski definition) is 2. The van der Waals surface area contributed by atoms with Crippen LogP contribution in [0.4, 0.5) is 4.39 Å². The van der Waals surface area contributed by atoms with Crippen LogP contribution in [0.5, 0.6) is 0 Å². The molecule has 0 saturated carbocycles. The molecule has 0 amide bonds. The number of nitrogens with zero attached hydrogens (tertiary/aromatic N) is 1. The number of nitrogens with two attached hydrogens (primary N) is 1. The van der Waals surface area contributed by atoms with E-state index >= 15 is 0 Å². The minimum absolute atomic E-state index is 0.0619. The number of aryl methyl sites for hydroxylation is 1. The number of pyridine rings is 1. The molecule has 0 aromatic carbocycles. The molecule has 0 bridgehead atoms. The van der Waals surface area contributed by atoms with Gasteiger partial charge in [-0.15, -0.1) is 0 Å². The van der Waals surface area contributed by atoms with Gasteiger partial charge in [-0.3, -0.25) is 0 Å². The van der Waals surface area contributed by atoms with E-state index in [1.54, 1.807) is 13.0 Å². The summed E-state index contributed by atoms with van der Waals surface area (Å²) in [5.74, 6) is -0.108. The van der Waals surface area contributed by atoms with E-state index in [-0.39, 0.29) is 6.04 Å². The smallest absolute Gasteiger partial charge is 0.213 e. The van der Waals surface area contributed by atoms with Gasteiger partial charge < -0.3 is 5.73 Å². The Morgan fingerprint density at radius 3 is 2.46 bits per heavy atom. The standard InChI is InChI=1S/C10H15FN2/c1-6(2)10(12)8-4-5-9(11)13-7(8)3/h4-6,10H,12H2,1-3H3/t10-/m1/s1. The Kier molecular flexibility index (Phi) is 2.98. The van der Waals surface area contributed by atoms with Crippen molar-refractivity contribution in [2.24, 2.45) is 11.7 Å². The Balaban J connectivity index is 3.01. The molecular formula is C10H15FN2. The normalized spacial score (nSPS) is 13.4. The third-order valence-electron chi connectivity index (χ3n) is 2.17. The van der Waals surface area contributed by atoms with E-state index < -0.39 is 5.95 Å². The van der Waals surface area contributed by atoms with E-state index in [0.717, 1.165) is 5.56 Å². The van der Waals surface area contributed by atoms with Crippen LogP contribution in [0.1, 0.15) is 31.1 Å². The molecule has 0 aliphatic rings. The molecule has 0 aliphatic heterocycles. The van der Waals surface area contributed by atoms with Crippen molar-refractivity contribution in [1.82, 2.24) is 4.98 Å². The Morgan fingerprint density at radius 1 is 1.38 bits per heavy atom. The molecule has 0 spiro atoms. The van der Waals surface area contributed by atoms with Crippen LogP contribution in [-0.2, 0) is 0 Å². The highest BCUT2D eigenvalue weighted by Gasteiger charge is 2.13. The monoisotopic (exact) mass is 182 g/mol. The van der Waals surface area contributed by atoms with Crippen molar-refractivity contribution in [3.05, 3.63) is 29.3 Å². The number of rotatable bonds is 2. The van der Waals surface area contributed by atoms with Crippen LogP contribution >= 0.6 is 0 Å². The summed E-state index contributed by atoms with van der Waals surface area (Å²) in [5, 5.41) is 0. The summed E-state index contributed by atoms with van der Waals surface area (Å²) in [6.07, 6.45) is 0. The molecule has 1 rings (SSSR count). The lowest BCUT2D eigenvalue weighted by Gasteiger charge is -2.17. The lowest BCUT2D eigenvalue weighted by Crippen LogP contribution is -2.18. The topological polar surface area (TPSA) is 38.9 Å². The van der Waals surface area contributed by atoms with E-state index in [1.165, 1.54) is 6.07 Å². The number of aromatic nitrogens is 1. The van der Waals surface area contributed by atoms with Gasteiger partial charge in [0.05, 0.1) is 0 Å². The fraction of sp³-hybridized carbons (Fsp3) is 0.500. The first-order chi connectivity index (χ1) is 6.02. The second-order valence-corrected chi connectivity index (χ2v) is 3.58. The Hall–Kier alpha value is -0.960. The van der Waals surface area contributed by atoms with Crippen molar-refractivity contribution in [3.8, 4) is 0 Å². The zero-order valence-corrected chi connectivity index (χ0v) is 8.21. The van der Waals surface area contributed by atoms with Gasteiger partial charge in [-0.25, -0.2) is 4.98 Å². The first-order valence-electron chi connectivity index (χ1n) is 4.41. The van der Waals surface area contributed by atoms with Crippen LogP contribution in [-0.4, -0.2) is 4.98 Å². The van der Waals surface area contributed by atoms with Gasteiger partial charge in [0.15, 0.2) is 0 Å². The quantitative estimate of drug-likeness (QED) is 0.712. The third-order valence-corrected chi connectivity index (χ3v) is 2.17. The van der Waals surface area contributed by atoms with Crippen LogP contribution in [0.15, 0.2) is 12.1 Å². The maximum absolute atomic E-state index is 12.7. The summed E-state index contributed by atoms with van der Waals surface area (Å²) >= 11 is 0.